The first-order valence-electron chi connectivity index (χ1n) is 11.1. The molecular formula is C27H29N5O2. The Bertz CT molecular complexity index is 1350. The van der Waals surface area contributed by atoms with Crippen molar-refractivity contribution < 1.29 is 9.53 Å². The van der Waals surface area contributed by atoms with Gasteiger partial charge in [-0.3, -0.25) is 9.78 Å². The highest BCUT2D eigenvalue weighted by Gasteiger charge is 2.17. The first-order valence-corrected chi connectivity index (χ1v) is 11.1. The van der Waals surface area contributed by atoms with Crippen LogP contribution in [0.3, 0.4) is 0 Å². The molecule has 0 aliphatic carbocycles. The fourth-order valence-corrected chi connectivity index (χ4v) is 3.92. The molecule has 0 bridgehead atoms. The van der Waals surface area contributed by atoms with Crippen molar-refractivity contribution >= 4 is 22.6 Å². The molecule has 7 heteroatoms. The Hall–Kier alpha value is -4.00. The third-order valence-corrected chi connectivity index (χ3v) is 5.72. The molecule has 0 spiro atoms. The number of nitrogens with one attached hydrogen (secondary N) is 1. The smallest absolute Gasteiger partial charge is 0.254 e. The second-order valence-corrected chi connectivity index (χ2v) is 8.60. The number of rotatable bonds is 6. The fourth-order valence-electron chi connectivity index (χ4n) is 3.92. The number of carbonyl (C=O) groups excluding carboxylic acids is 1. The first kappa shape index (κ1) is 23.2. The van der Waals surface area contributed by atoms with Crippen LogP contribution in [0.5, 0.6) is 5.75 Å². The van der Waals surface area contributed by atoms with Crippen LogP contribution in [0.4, 0.5) is 5.82 Å². The summed E-state index contributed by atoms with van der Waals surface area (Å²) in [5.41, 5.74) is 5.21. The zero-order valence-electron chi connectivity index (χ0n) is 20.4. The van der Waals surface area contributed by atoms with E-state index in [0.29, 0.717) is 22.8 Å². The summed E-state index contributed by atoms with van der Waals surface area (Å²) in [6.45, 7) is 6.08. The topological polar surface area (TPSA) is 80.2 Å². The molecule has 1 amide bonds. The monoisotopic (exact) mass is 455 g/mol. The molecule has 1 N–H and O–H groups in total. The van der Waals surface area contributed by atoms with Crippen LogP contribution in [-0.4, -0.2) is 47.0 Å². The van der Waals surface area contributed by atoms with E-state index in [1.807, 2.05) is 25.1 Å². The molecule has 0 saturated carbocycles. The van der Waals surface area contributed by atoms with E-state index >= 15 is 0 Å². The number of nitrogens with zero attached hydrogens (tertiary/aromatic N) is 4. The Kier molecular flexibility index (Phi) is 6.45. The number of hydrogen-bond acceptors (Lipinski definition) is 6. The minimum atomic E-state index is -0.0926. The van der Waals surface area contributed by atoms with E-state index in [4.69, 9.17) is 9.72 Å². The molecule has 2 aromatic heterocycles. The molecular weight excluding hydrogens is 426 g/mol. The predicted molar refractivity (Wildman–Crippen MR) is 135 cm³/mol. The minimum Gasteiger partial charge on any atom is -0.496 e. The molecule has 2 heterocycles. The summed E-state index contributed by atoms with van der Waals surface area (Å²) >= 11 is 0. The average Bonchev–Trinajstić information content (AvgIpc) is 2.82. The molecule has 0 aliphatic heterocycles. The number of amides is 1. The van der Waals surface area contributed by atoms with Gasteiger partial charge in [-0.15, -0.1) is 0 Å². The molecule has 0 unspecified atom stereocenters. The van der Waals surface area contributed by atoms with Crippen LogP contribution in [0.15, 0.2) is 54.7 Å². The normalized spacial score (nSPS) is 11.8. The number of methoxy groups -OCH3 is 1. The number of fused-ring (bicyclic) bond motifs is 1. The van der Waals surface area contributed by atoms with Gasteiger partial charge in [0.2, 0.25) is 0 Å². The van der Waals surface area contributed by atoms with E-state index in [-0.39, 0.29) is 11.9 Å². The van der Waals surface area contributed by atoms with Crippen LogP contribution in [0.2, 0.25) is 0 Å². The third kappa shape index (κ3) is 4.69. The summed E-state index contributed by atoms with van der Waals surface area (Å²) in [7, 11) is 5.06. The molecule has 174 valence electrons. The van der Waals surface area contributed by atoms with E-state index in [1.165, 1.54) is 16.0 Å². The standard InChI is InChI=1S/C27H29N5O2/c1-16-8-7-9-19(12-16)17(2)29-26-22-13-21(25(34-6)14-24(22)30-18(3)31-26)23-11-10-20(15-28-23)27(33)32(4)5/h7-15,17H,1-6H3,(H,29,30,31)/t17-/m0/s1. The summed E-state index contributed by atoms with van der Waals surface area (Å²) in [5.74, 6) is 1.98. The summed E-state index contributed by atoms with van der Waals surface area (Å²) in [4.78, 5) is 27.6. The number of aryl methyl sites for hydroxylation is 2. The second kappa shape index (κ2) is 9.47. The van der Waals surface area contributed by atoms with Crippen molar-refractivity contribution in [3.63, 3.8) is 0 Å². The third-order valence-electron chi connectivity index (χ3n) is 5.72. The summed E-state index contributed by atoms with van der Waals surface area (Å²) < 4.78 is 5.67. The maximum absolute atomic E-state index is 12.2. The van der Waals surface area contributed by atoms with Crippen LogP contribution in [0.1, 0.15) is 40.3 Å². The lowest BCUT2D eigenvalue weighted by Gasteiger charge is -2.18. The van der Waals surface area contributed by atoms with Gasteiger partial charge in [-0.1, -0.05) is 29.8 Å². The molecule has 4 rings (SSSR count). The van der Waals surface area contributed by atoms with Crippen LogP contribution >= 0.6 is 0 Å². The quantitative estimate of drug-likeness (QED) is 0.431. The van der Waals surface area contributed by atoms with Crippen LogP contribution in [0.25, 0.3) is 22.2 Å². The van der Waals surface area contributed by atoms with Crippen molar-refractivity contribution in [3.05, 3.63) is 77.2 Å². The highest BCUT2D eigenvalue weighted by atomic mass is 16.5. The highest BCUT2D eigenvalue weighted by molar-refractivity contribution is 5.96. The Labute approximate surface area is 199 Å². The molecule has 0 fully saturated rings. The predicted octanol–water partition coefficient (Wildman–Crippen LogP) is 5.19. The van der Waals surface area contributed by atoms with Gasteiger partial charge in [0.1, 0.15) is 17.4 Å². The van der Waals surface area contributed by atoms with E-state index in [1.54, 1.807) is 33.5 Å². The number of aromatic nitrogens is 3. The number of pyridine rings is 1. The number of carbonyl (C=O) groups is 1. The summed E-state index contributed by atoms with van der Waals surface area (Å²) in [6, 6.07) is 16.0. The van der Waals surface area contributed by atoms with Crippen molar-refractivity contribution in [2.24, 2.45) is 0 Å². The van der Waals surface area contributed by atoms with Crippen molar-refractivity contribution in [1.82, 2.24) is 19.9 Å². The van der Waals surface area contributed by atoms with Crippen molar-refractivity contribution in [3.8, 4) is 17.0 Å². The Morgan fingerprint density at radius 2 is 1.85 bits per heavy atom. The maximum atomic E-state index is 12.2. The summed E-state index contributed by atoms with van der Waals surface area (Å²) in [5, 5.41) is 4.43. The molecule has 34 heavy (non-hydrogen) atoms. The maximum Gasteiger partial charge on any atom is 0.254 e. The van der Waals surface area contributed by atoms with Gasteiger partial charge in [-0.2, -0.15) is 0 Å². The molecule has 4 aromatic rings. The first-order chi connectivity index (χ1) is 16.3. The minimum absolute atomic E-state index is 0.0532. The second-order valence-electron chi connectivity index (χ2n) is 8.60. The van der Waals surface area contributed by atoms with E-state index in [0.717, 1.165) is 22.3 Å². The van der Waals surface area contributed by atoms with Gasteiger partial charge in [0.05, 0.1) is 23.9 Å². The molecule has 7 nitrogen and oxygen atoms in total. The molecule has 1 atom stereocenters. The van der Waals surface area contributed by atoms with Crippen LogP contribution in [-0.2, 0) is 0 Å². The van der Waals surface area contributed by atoms with Gasteiger partial charge in [0, 0.05) is 43.4 Å². The van der Waals surface area contributed by atoms with Gasteiger partial charge < -0.3 is 15.0 Å². The Morgan fingerprint density at radius 1 is 1.06 bits per heavy atom. The summed E-state index contributed by atoms with van der Waals surface area (Å²) in [6.07, 6.45) is 1.59. The molecule has 0 aliphatic rings. The van der Waals surface area contributed by atoms with Gasteiger partial charge in [0.25, 0.3) is 5.91 Å². The van der Waals surface area contributed by atoms with Crippen molar-refractivity contribution in [1.29, 1.82) is 0 Å². The van der Waals surface area contributed by atoms with Crippen LogP contribution < -0.4 is 10.1 Å². The van der Waals surface area contributed by atoms with E-state index in [2.05, 4.69) is 53.4 Å². The number of ether oxygens (including phenoxy) is 1. The molecule has 2 aromatic carbocycles. The van der Waals surface area contributed by atoms with Gasteiger partial charge >= 0.3 is 0 Å². The zero-order valence-corrected chi connectivity index (χ0v) is 20.4. The van der Waals surface area contributed by atoms with Crippen LogP contribution in [0, 0.1) is 13.8 Å². The lowest BCUT2D eigenvalue weighted by molar-refractivity contribution is 0.0827. The zero-order chi connectivity index (χ0) is 24.4. The number of benzene rings is 2. The largest absolute Gasteiger partial charge is 0.496 e. The lowest BCUT2D eigenvalue weighted by atomic mass is 10.0. The fraction of sp³-hybridized carbons (Fsp3) is 0.259. The highest BCUT2D eigenvalue weighted by Crippen LogP contribution is 2.36. The molecule has 0 saturated heterocycles. The van der Waals surface area contributed by atoms with E-state index in [9.17, 15) is 4.79 Å². The average molecular weight is 456 g/mol. The number of anilines is 1. The SMILES string of the molecule is COc1cc2nc(C)nc(N[C@@H](C)c3cccc(C)c3)c2cc1-c1ccc(C(=O)N(C)C)cn1. The van der Waals surface area contributed by atoms with Gasteiger partial charge in [-0.25, -0.2) is 9.97 Å². The molecule has 0 radical (unpaired) electrons. The number of hydrogen-bond donors (Lipinski definition) is 1. The lowest BCUT2D eigenvalue weighted by Crippen LogP contribution is -2.21. The van der Waals surface area contributed by atoms with Gasteiger partial charge in [-0.05, 0) is 44.5 Å². The Balaban J connectivity index is 1.78. The Morgan fingerprint density at radius 3 is 2.50 bits per heavy atom. The van der Waals surface area contributed by atoms with E-state index < -0.39 is 0 Å². The van der Waals surface area contributed by atoms with Gasteiger partial charge in [0.15, 0.2) is 0 Å². The van der Waals surface area contributed by atoms with Crippen molar-refractivity contribution in [2.75, 3.05) is 26.5 Å². The van der Waals surface area contributed by atoms with Crippen molar-refractivity contribution in [2.45, 2.75) is 26.8 Å².